The molecule has 0 N–H and O–H groups in total. The molecule has 1 saturated carbocycles. The zero-order valence-corrected chi connectivity index (χ0v) is 13.5. The Morgan fingerprint density at radius 2 is 1.64 bits per heavy atom. The average molecular weight is 339 g/mol. The highest BCUT2D eigenvalue weighted by Crippen LogP contribution is 2.40. The Morgan fingerprint density at radius 3 is 2.20 bits per heavy atom. The van der Waals surface area contributed by atoms with E-state index in [0.717, 1.165) is 25.7 Å². The van der Waals surface area contributed by atoms with Crippen molar-refractivity contribution in [3.8, 4) is 5.75 Å². The van der Waals surface area contributed by atoms with E-state index in [1.807, 2.05) is 0 Å². The number of carbonyl (C=O) groups is 3. The zero-order chi connectivity index (χ0) is 17.4. The fraction of sp³-hybridized carbons (Fsp3) is 0.316. The highest BCUT2D eigenvalue weighted by Gasteiger charge is 2.48. The molecule has 4 rings (SSSR count). The number of amides is 2. The van der Waals surface area contributed by atoms with Gasteiger partial charge in [0.1, 0.15) is 5.75 Å². The summed E-state index contributed by atoms with van der Waals surface area (Å²) in [6.45, 7) is 0. The van der Waals surface area contributed by atoms with Gasteiger partial charge < -0.3 is 9.15 Å². The maximum atomic E-state index is 12.6. The second-order valence-corrected chi connectivity index (χ2v) is 6.37. The van der Waals surface area contributed by atoms with E-state index in [9.17, 15) is 14.4 Å². The second kappa shape index (κ2) is 6.20. The van der Waals surface area contributed by atoms with Gasteiger partial charge in [-0.2, -0.15) is 0 Å². The van der Waals surface area contributed by atoms with Crippen molar-refractivity contribution in [1.29, 1.82) is 0 Å². The van der Waals surface area contributed by atoms with E-state index in [4.69, 9.17) is 9.15 Å². The Kier molecular flexibility index (Phi) is 3.87. The number of furan rings is 1. The molecule has 128 valence electrons. The van der Waals surface area contributed by atoms with Crippen molar-refractivity contribution in [3.05, 3.63) is 48.4 Å². The van der Waals surface area contributed by atoms with Crippen molar-refractivity contribution in [2.45, 2.75) is 25.7 Å². The molecule has 2 atom stereocenters. The minimum Gasteiger partial charge on any atom is -0.457 e. The number of imide groups is 1. The summed E-state index contributed by atoms with van der Waals surface area (Å²) in [7, 11) is 0. The number of hydrogen-bond donors (Lipinski definition) is 0. The van der Waals surface area contributed by atoms with Crippen LogP contribution >= 0.6 is 0 Å². The predicted octanol–water partition coefficient (Wildman–Crippen LogP) is 3.18. The van der Waals surface area contributed by atoms with Crippen LogP contribution in [0.15, 0.2) is 47.1 Å². The van der Waals surface area contributed by atoms with Crippen LogP contribution in [0.3, 0.4) is 0 Å². The number of fused-ring (bicyclic) bond motifs is 1. The molecule has 1 aromatic carbocycles. The summed E-state index contributed by atoms with van der Waals surface area (Å²) in [5.41, 5.74) is 0.516. The van der Waals surface area contributed by atoms with Crippen LogP contribution in [0.4, 0.5) is 5.69 Å². The summed E-state index contributed by atoms with van der Waals surface area (Å²) in [6, 6.07) is 9.50. The normalized spacial score (nSPS) is 22.8. The second-order valence-electron chi connectivity index (χ2n) is 6.37. The van der Waals surface area contributed by atoms with Crippen LogP contribution in [-0.2, 0) is 9.59 Å². The van der Waals surface area contributed by atoms with E-state index in [0.29, 0.717) is 11.4 Å². The van der Waals surface area contributed by atoms with E-state index in [1.54, 1.807) is 30.3 Å². The lowest BCUT2D eigenvalue weighted by molar-refractivity contribution is -0.122. The van der Waals surface area contributed by atoms with Crippen LogP contribution in [0.25, 0.3) is 0 Å². The quantitative estimate of drug-likeness (QED) is 0.488. The SMILES string of the molecule is O=C(Oc1ccc(N2C(=O)[C@H]3CCCC[C@H]3C2=O)cc1)c1ccco1. The number of benzene rings is 1. The molecule has 0 spiro atoms. The summed E-state index contributed by atoms with van der Waals surface area (Å²) in [4.78, 5) is 38.3. The van der Waals surface area contributed by atoms with Crippen LogP contribution in [0.2, 0.25) is 0 Å². The van der Waals surface area contributed by atoms with Gasteiger partial charge in [0.05, 0.1) is 23.8 Å². The van der Waals surface area contributed by atoms with E-state index >= 15 is 0 Å². The molecule has 2 fully saturated rings. The molecular weight excluding hydrogens is 322 g/mol. The third kappa shape index (κ3) is 2.73. The smallest absolute Gasteiger partial charge is 0.379 e. The molecule has 2 aliphatic rings. The van der Waals surface area contributed by atoms with Crippen LogP contribution in [0.1, 0.15) is 36.2 Å². The first-order valence-electron chi connectivity index (χ1n) is 8.39. The summed E-state index contributed by atoms with van der Waals surface area (Å²) < 4.78 is 10.2. The van der Waals surface area contributed by atoms with Crippen molar-refractivity contribution in [2.75, 3.05) is 4.90 Å². The Balaban J connectivity index is 1.51. The van der Waals surface area contributed by atoms with E-state index in [2.05, 4.69) is 0 Å². The predicted molar refractivity (Wildman–Crippen MR) is 88.0 cm³/mol. The van der Waals surface area contributed by atoms with Crippen LogP contribution in [0, 0.1) is 11.8 Å². The topological polar surface area (TPSA) is 76.8 Å². The summed E-state index contributed by atoms with van der Waals surface area (Å²) in [5.74, 6) is -0.766. The molecule has 0 unspecified atom stereocenters. The maximum absolute atomic E-state index is 12.6. The number of hydrogen-bond acceptors (Lipinski definition) is 5. The molecule has 0 radical (unpaired) electrons. The van der Waals surface area contributed by atoms with E-state index in [1.165, 1.54) is 17.2 Å². The number of ether oxygens (including phenoxy) is 1. The molecule has 2 heterocycles. The van der Waals surface area contributed by atoms with Gasteiger partial charge in [-0.1, -0.05) is 12.8 Å². The minimum atomic E-state index is -0.600. The molecule has 6 heteroatoms. The minimum absolute atomic E-state index is 0.109. The number of anilines is 1. The summed E-state index contributed by atoms with van der Waals surface area (Å²) in [5, 5.41) is 0. The molecule has 1 aromatic heterocycles. The monoisotopic (exact) mass is 339 g/mol. The van der Waals surface area contributed by atoms with Gasteiger partial charge in [0, 0.05) is 0 Å². The van der Waals surface area contributed by atoms with Gasteiger partial charge in [-0.15, -0.1) is 0 Å². The van der Waals surface area contributed by atoms with Crippen LogP contribution in [0.5, 0.6) is 5.75 Å². The number of esters is 1. The van der Waals surface area contributed by atoms with Crippen LogP contribution in [-0.4, -0.2) is 17.8 Å². The molecule has 1 aliphatic carbocycles. The van der Waals surface area contributed by atoms with E-state index < -0.39 is 5.97 Å². The van der Waals surface area contributed by atoms with Gasteiger partial charge in [-0.25, -0.2) is 4.79 Å². The average Bonchev–Trinajstić information content (AvgIpc) is 3.25. The van der Waals surface area contributed by atoms with Gasteiger partial charge in [0.25, 0.3) is 0 Å². The summed E-state index contributed by atoms with van der Waals surface area (Å²) >= 11 is 0. The lowest BCUT2D eigenvalue weighted by Gasteiger charge is -2.19. The first kappa shape index (κ1) is 15.6. The van der Waals surface area contributed by atoms with E-state index in [-0.39, 0.29) is 29.4 Å². The highest BCUT2D eigenvalue weighted by molar-refractivity contribution is 6.22. The molecule has 6 nitrogen and oxygen atoms in total. The standard InChI is InChI=1S/C19H17NO5/c21-17-14-4-1-2-5-15(14)18(22)20(17)12-7-9-13(10-8-12)25-19(23)16-6-3-11-24-16/h3,6-11,14-15H,1-2,4-5H2/t14-,15+. The van der Waals surface area contributed by atoms with Gasteiger partial charge in [0.2, 0.25) is 17.6 Å². The molecule has 25 heavy (non-hydrogen) atoms. The Hall–Kier alpha value is -2.89. The highest BCUT2D eigenvalue weighted by atomic mass is 16.5. The largest absolute Gasteiger partial charge is 0.457 e. The maximum Gasteiger partial charge on any atom is 0.379 e. The molecule has 2 aromatic rings. The van der Waals surface area contributed by atoms with Crippen LogP contribution < -0.4 is 9.64 Å². The zero-order valence-electron chi connectivity index (χ0n) is 13.5. The molecular formula is C19H17NO5. The number of carbonyl (C=O) groups excluding carboxylic acids is 3. The lowest BCUT2D eigenvalue weighted by Crippen LogP contribution is -2.30. The van der Waals surface area contributed by atoms with Crippen molar-refractivity contribution in [3.63, 3.8) is 0 Å². The number of rotatable bonds is 3. The van der Waals surface area contributed by atoms with Crippen molar-refractivity contribution in [2.24, 2.45) is 11.8 Å². The van der Waals surface area contributed by atoms with Gasteiger partial charge in [-0.3, -0.25) is 14.5 Å². The molecule has 0 bridgehead atoms. The lowest BCUT2D eigenvalue weighted by atomic mass is 9.81. The number of nitrogens with zero attached hydrogens (tertiary/aromatic N) is 1. The molecule has 1 aliphatic heterocycles. The third-order valence-corrected chi connectivity index (χ3v) is 4.87. The fourth-order valence-corrected chi connectivity index (χ4v) is 3.63. The fourth-order valence-electron chi connectivity index (χ4n) is 3.63. The Bertz CT molecular complexity index is 785. The molecule has 1 saturated heterocycles. The van der Waals surface area contributed by atoms with Gasteiger partial charge >= 0.3 is 5.97 Å². The summed E-state index contributed by atoms with van der Waals surface area (Å²) in [6.07, 6.45) is 4.95. The Morgan fingerprint density at radius 1 is 1.00 bits per heavy atom. The van der Waals surface area contributed by atoms with Crippen molar-refractivity contribution in [1.82, 2.24) is 0 Å². The molecule has 2 amide bonds. The van der Waals surface area contributed by atoms with Crippen molar-refractivity contribution >= 4 is 23.5 Å². The third-order valence-electron chi connectivity index (χ3n) is 4.87. The van der Waals surface area contributed by atoms with Crippen molar-refractivity contribution < 1.29 is 23.5 Å². The van der Waals surface area contributed by atoms with Gasteiger partial charge in [-0.05, 0) is 49.2 Å². The Labute approximate surface area is 144 Å². The van der Waals surface area contributed by atoms with Gasteiger partial charge in [0.15, 0.2) is 0 Å². The first-order chi connectivity index (χ1) is 12.1. The first-order valence-corrected chi connectivity index (χ1v) is 8.39.